The topological polar surface area (TPSA) is 94.7 Å². The first kappa shape index (κ1) is 10.5. The van der Waals surface area contributed by atoms with Crippen LogP contribution < -0.4 is 20.5 Å². The standard InChI is InChI=1S/C9H13N5O2/c1-15-7-5(6-11-3-4-12-6)8(16-2)14-9(10)13-7/h3-4H2,1-2H3,(H,11,12)(H2,10,13,14). The number of rotatable bonds is 3. The van der Waals surface area contributed by atoms with Crippen LogP contribution in [0.5, 0.6) is 11.8 Å². The van der Waals surface area contributed by atoms with E-state index >= 15 is 0 Å². The smallest absolute Gasteiger partial charge is 0.233 e. The summed E-state index contributed by atoms with van der Waals surface area (Å²) in [6.45, 7) is 1.50. The fraction of sp³-hybridized carbons (Fsp3) is 0.444. The monoisotopic (exact) mass is 223 g/mol. The number of ether oxygens (including phenoxy) is 2. The van der Waals surface area contributed by atoms with Crippen LogP contribution >= 0.6 is 0 Å². The lowest BCUT2D eigenvalue weighted by atomic mass is 10.3. The van der Waals surface area contributed by atoms with E-state index in [0.29, 0.717) is 29.7 Å². The predicted molar refractivity (Wildman–Crippen MR) is 59.0 cm³/mol. The van der Waals surface area contributed by atoms with E-state index in [4.69, 9.17) is 15.2 Å². The van der Waals surface area contributed by atoms with Gasteiger partial charge in [0.1, 0.15) is 11.4 Å². The molecule has 0 bridgehead atoms. The number of nitrogens with one attached hydrogen (secondary N) is 1. The van der Waals surface area contributed by atoms with Crippen LogP contribution in [0.2, 0.25) is 0 Å². The summed E-state index contributed by atoms with van der Waals surface area (Å²) in [7, 11) is 3.03. The SMILES string of the molecule is COc1nc(N)nc(OC)c1C1=NCCN1. The first-order valence-corrected chi connectivity index (χ1v) is 4.80. The molecule has 0 unspecified atom stereocenters. The van der Waals surface area contributed by atoms with Gasteiger partial charge in [-0.2, -0.15) is 9.97 Å². The molecular formula is C9H13N5O2. The molecule has 0 aromatic carbocycles. The van der Waals surface area contributed by atoms with Gasteiger partial charge in [-0.3, -0.25) is 4.99 Å². The maximum atomic E-state index is 5.54. The van der Waals surface area contributed by atoms with Crippen LogP contribution in [0.4, 0.5) is 5.95 Å². The minimum Gasteiger partial charge on any atom is -0.480 e. The van der Waals surface area contributed by atoms with Crippen LogP contribution in [-0.2, 0) is 0 Å². The van der Waals surface area contributed by atoms with E-state index in [1.165, 1.54) is 14.2 Å². The van der Waals surface area contributed by atoms with Crippen molar-refractivity contribution in [2.24, 2.45) is 4.99 Å². The summed E-state index contributed by atoms with van der Waals surface area (Å²) in [5, 5.41) is 3.11. The average molecular weight is 223 g/mol. The molecule has 0 saturated heterocycles. The van der Waals surface area contributed by atoms with Crippen molar-refractivity contribution in [3.8, 4) is 11.8 Å². The Kier molecular flexibility index (Phi) is 2.76. The van der Waals surface area contributed by atoms with Crippen molar-refractivity contribution in [1.82, 2.24) is 15.3 Å². The number of hydrogen-bond donors (Lipinski definition) is 2. The highest BCUT2D eigenvalue weighted by molar-refractivity contribution is 6.03. The number of methoxy groups -OCH3 is 2. The molecule has 1 aliphatic heterocycles. The van der Waals surface area contributed by atoms with E-state index < -0.39 is 0 Å². The van der Waals surface area contributed by atoms with Crippen molar-refractivity contribution >= 4 is 11.8 Å². The van der Waals surface area contributed by atoms with Crippen LogP contribution in [0, 0.1) is 0 Å². The van der Waals surface area contributed by atoms with Crippen molar-refractivity contribution in [1.29, 1.82) is 0 Å². The van der Waals surface area contributed by atoms with E-state index in [9.17, 15) is 0 Å². The summed E-state index contributed by atoms with van der Waals surface area (Å²) in [5.41, 5.74) is 6.14. The molecule has 16 heavy (non-hydrogen) atoms. The number of amidine groups is 1. The Morgan fingerprint density at radius 1 is 1.19 bits per heavy atom. The maximum absolute atomic E-state index is 5.54. The molecule has 0 saturated carbocycles. The zero-order valence-electron chi connectivity index (χ0n) is 9.15. The molecule has 2 rings (SSSR count). The van der Waals surface area contributed by atoms with Gasteiger partial charge in [0.25, 0.3) is 0 Å². The molecule has 3 N–H and O–H groups in total. The number of nitrogens with two attached hydrogens (primary N) is 1. The number of aromatic nitrogens is 2. The first-order chi connectivity index (χ1) is 7.76. The summed E-state index contributed by atoms with van der Waals surface area (Å²) in [5.74, 6) is 1.50. The van der Waals surface area contributed by atoms with Gasteiger partial charge in [0.15, 0.2) is 0 Å². The summed E-state index contributed by atoms with van der Waals surface area (Å²) in [6, 6.07) is 0. The van der Waals surface area contributed by atoms with Gasteiger partial charge in [0.05, 0.1) is 20.8 Å². The van der Waals surface area contributed by atoms with Gasteiger partial charge in [0.2, 0.25) is 17.7 Å². The second kappa shape index (κ2) is 4.21. The third-order valence-electron chi connectivity index (χ3n) is 2.16. The van der Waals surface area contributed by atoms with E-state index in [1.807, 2.05) is 0 Å². The number of anilines is 1. The second-order valence-corrected chi connectivity index (χ2v) is 3.13. The van der Waals surface area contributed by atoms with Crippen LogP contribution in [0.3, 0.4) is 0 Å². The fourth-order valence-electron chi connectivity index (χ4n) is 1.50. The third kappa shape index (κ3) is 1.71. The minimum absolute atomic E-state index is 0.107. The van der Waals surface area contributed by atoms with Gasteiger partial charge in [-0.05, 0) is 0 Å². The first-order valence-electron chi connectivity index (χ1n) is 4.80. The Morgan fingerprint density at radius 3 is 2.25 bits per heavy atom. The number of aliphatic imine (C=N–C) groups is 1. The van der Waals surface area contributed by atoms with E-state index in [0.717, 1.165) is 6.54 Å². The molecule has 0 atom stereocenters. The highest BCUT2D eigenvalue weighted by Gasteiger charge is 2.22. The minimum atomic E-state index is 0.107. The molecule has 1 aromatic rings. The van der Waals surface area contributed by atoms with Gasteiger partial charge >= 0.3 is 0 Å². The molecule has 0 fully saturated rings. The summed E-state index contributed by atoms with van der Waals surface area (Å²) in [4.78, 5) is 12.3. The van der Waals surface area contributed by atoms with Crippen LogP contribution in [0.15, 0.2) is 4.99 Å². The Balaban J connectivity index is 2.55. The van der Waals surface area contributed by atoms with Crippen molar-refractivity contribution in [2.75, 3.05) is 33.0 Å². The Labute approximate surface area is 92.7 Å². The average Bonchev–Trinajstić information content (AvgIpc) is 2.80. The van der Waals surface area contributed by atoms with E-state index in [2.05, 4.69) is 20.3 Å². The van der Waals surface area contributed by atoms with Gasteiger partial charge in [0, 0.05) is 6.54 Å². The van der Waals surface area contributed by atoms with Gasteiger partial charge in [-0.1, -0.05) is 0 Å². The lowest BCUT2D eigenvalue weighted by molar-refractivity contribution is 0.371. The Bertz CT molecular complexity index is 407. The van der Waals surface area contributed by atoms with Gasteiger partial charge in [-0.25, -0.2) is 0 Å². The highest BCUT2D eigenvalue weighted by Crippen LogP contribution is 2.26. The summed E-state index contributed by atoms with van der Waals surface area (Å²) in [6.07, 6.45) is 0. The molecule has 2 heterocycles. The number of hydrogen-bond acceptors (Lipinski definition) is 7. The molecule has 7 heteroatoms. The largest absolute Gasteiger partial charge is 0.480 e. The zero-order valence-corrected chi connectivity index (χ0v) is 9.15. The highest BCUT2D eigenvalue weighted by atomic mass is 16.5. The molecule has 0 spiro atoms. The lowest BCUT2D eigenvalue weighted by Crippen LogP contribution is -2.22. The molecule has 7 nitrogen and oxygen atoms in total. The molecule has 0 radical (unpaired) electrons. The fourth-order valence-corrected chi connectivity index (χ4v) is 1.50. The van der Waals surface area contributed by atoms with Crippen molar-refractivity contribution < 1.29 is 9.47 Å². The second-order valence-electron chi connectivity index (χ2n) is 3.13. The summed E-state index contributed by atoms with van der Waals surface area (Å²) >= 11 is 0. The molecule has 1 aliphatic rings. The van der Waals surface area contributed by atoms with Crippen LogP contribution in [-0.4, -0.2) is 43.1 Å². The van der Waals surface area contributed by atoms with Crippen LogP contribution in [0.1, 0.15) is 5.56 Å². The quantitative estimate of drug-likeness (QED) is 0.712. The third-order valence-corrected chi connectivity index (χ3v) is 2.16. The molecular weight excluding hydrogens is 210 g/mol. The van der Waals surface area contributed by atoms with Crippen molar-refractivity contribution in [3.05, 3.63) is 5.56 Å². The number of nitrogens with zero attached hydrogens (tertiary/aromatic N) is 3. The van der Waals surface area contributed by atoms with Gasteiger partial charge in [-0.15, -0.1) is 0 Å². The Morgan fingerprint density at radius 2 is 1.81 bits per heavy atom. The Hall–Kier alpha value is -2.05. The maximum Gasteiger partial charge on any atom is 0.233 e. The van der Waals surface area contributed by atoms with Gasteiger partial charge < -0.3 is 20.5 Å². The van der Waals surface area contributed by atoms with Crippen molar-refractivity contribution in [3.63, 3.8) is 0 Å². The molecule has 86 valence electrons. The van der Waals surface area contributed by atoms with E-state index in [1.54, 1.807) is 0 Å². The zero-order chi connectivity index (χ0) is 11.5. The van der Waals surface area contributed by atoms with Crippen LogP contribution in [0.25, 0.3) is 0 Å². The summed E-state index contributed by atoms with van der Waals surface area (Å²) < 4.78 is 10.3. The normalized spacial score (nSPS) is 14.2. The van der Waals surface area contributed by atoms with E-state index in [-0.39, 0.29) is 5.95 Å². The molecule has 0 aliphatic carbocycles. The predicted octanol–water partition coefficient (Wildman–Crippen LogP) is -0.574. The van der Waals surface area contributed by atoms with Crippen molar-refractivity contribution in [2.45, 2.75) is 0 Å². The lowest BCUT2D eigenvalue weighted by Gasteiger charge is -2.11. The molecule has 0 amide bonds. The number of nitrogen functional groups attached to an aromatic ring is 1. The molecule has 1 aromatic heterocycles.